The monoisotopic (exact) mass is 429 g/mol. The molecule has 1 saturated heterocycles. The van der Waals surface area contributed by atoms with Crippen LogP contribution in [0.3, 0.4) is 0 Å². The summed E-state index contributed by atoms with van der Waals surface area (Å²) in [5, 5.41) is 7.15. The van der Waals surface area contributed by atoms with Crippen molar-refractivity contribution in [2.75, 3.05) is 27.2 Å². The number of alkyl halides is 3. The summed E-state index contributed by atoms with van der Waals surface area (Å²) in [6, 6.07) is 0. The van der Waals surface area contributed by atoms with Crippen molar-refractivity contribution in [3.63, 3.8) is 0 Å². The number of aliphatic imine (C=N–C) groups is 1. The van der Waals surface area contributed by atoms with Crippen LogP contribution in [0, 0.1) is 5.92 Å². The number of hydrogen-bond donors (Lipinski definition) is 1. The summed E-state index contributed by atoms with van der Waals surface area (Å²) < 4.78 is 37.7. The van der Waals surface area contributed by atoms with Crippen LogP contribution in [0.25, 0.3) is 0 Å². The van der Waals surface area contributed by atoms with Gasteiger partial charge in [0.25, 0.3) is 0 Å². The van der Waals surface area contributed by atoms with Crippen molar-refractivity contribution in [3.05, 3.63) is 29.2 Å². The molecule has 30 heavy (non-hydrogen) atoms. The number of rotatable bonds is 4. The molecular weight excluding hydrogens is 399 g/mol. The molecule has 2 rings (SSSR count). The Labute approximate surface area is 175 Å². The van der Waals surface area contributed by atoms with E-state index in [4.69, 9.17) is 0 Å². The maximum atomic E-state index is 12.0. The van der Waals surface area contributed by atoms with Gasteiger partial charge in [-0.1, -0.05) is 13.8 Å². The van der Waals surface area contributed by atoms with Gasteiger partial charge in [-0.2, -0.15) is 18.3 Å². The summed E-state index contributed by atoms with van der Waals surface area (Å²) >= 11 is 0. The molecule has 7 nitrogen and oxygen atoms in total. The fourth-order valence-electron chi connectivity index (χ4n) is 3.07. The number of carbonyl (C=O) groups excluding carboxylic acids is 2. The Balaban J connectivity index is 0.000000346. The molecule has 168 valence electrons. The molecule has 0 radical (unpaired) electrons. The number of allylic oxidation sites excluding steroid dienone is 2. The highest BCUT2D eigenvalue weighted by Gasteiger charge is 2.40. The first-order valence-electron chi connectivity index (χ1n) is 9.69. The summed E-state index contributed by atoms with van der Waals surface area (Å²) in [6.07, 6.45) is 0.929. The highest BCUT2D eigenvalue weighted by atomic mass is 19.4. The summed E-state index contributed by atoms with van der Waals surface area (Å²) in [5.74, 6) is -0.470. The van der Waals surface area contributed by atoms with Crippen LogP contribution in [0.15, 0.2) is 23.0 Å². The molecule has 0 spiro atoms. The number of piperidine rings is 1. The molecule has 1 aromatic heterocycles. The fourth-order valence-corrected chi connectivity index (χ4v) is 3.07. The number of aromatic nitrogens is 2. The van der Waals surface area contributed by atoms with Crippen molar-refractivity contribution in [1.82, 2.24) is 20.0 Å². The van der Waals surface area contributed by atoms with E-state index in [2.05, 4.69) is 15.4 Å². The second kappa shape index (κ2) is 11.6. The van der Waals surface area contributed by atoms with E-state index in [0.29, 0.717) is 36.6 Å². The molecule has 1 aliphatic rings. The Morgan fingerprint density at radius 3 is 2.33 bits per heavy atom. The SMILES string of the molecule is CN1CCC(C(F)(F)F)CC1.CN=C(N/C(C)=C\C=O)n1ncc(C=O)c1C(C)C. The molecule has 10 heteroatoms. The molecule has 0 atom stereocenters. The molecule has 0 amide bonds. The van der Waals surface area contributed by atoms with Gasteiger partial charge in [-0.3, -0.25) is 14.6 Å². The minimum atomic E-state index is -3.97. The van der Waals surface area contributed by atoms with Crippen LogP contribution < -0.4 is 5.32 Å². The minimum absolute atomic E-state index is 0.122. The predicted octanol–water partition coefficient (Wildman–Crippen LogP) is 3.24. The molecule has 1 aromatic rings. The normalized spacial score (nSPS) is 16.8. The van der Waals surface area contributed by atoms with E-state index in [1.165, 1.54) is 12.3 Å². The highest BCUT2D eigenvalue weighted by Crippen LogP contribution is 2.33. The summed E-state index contributed by atoms with van der Waals surface area (Å²) in [6.45, 7) is 6.84. The van der Waals surface area contributed by atoms with E-state index < -0.39 is 12.1 Å². The second-order valence-corrected chi connectivity index (χ2v) is 7.45. The Kier molecular flexibility index (Phi) is 9.91. The van der Waals surface area contributed by atoms with Gasteiger partial charge >= 0.3 is 6.18 Å². The van der Waals surface area contributed by atoms with Crippen LogP contribution in [0.2, 0.25) is 0 Å². The van der Waals surface area contributed by atoms with Gasteiger partial charge in [0, 0.05) is 12.7 Å². The number of aldehydes is 2. The molecule has 0 aliphatic carbocycles. The minimum Gasteiger partial charge on any atom is -0.328 e. The number of nitrogens with zero attached hydrogens (tertiary/aromatic N) is 4. The van der Waals surface area contributed by atoms with E-state index in [0.717, 1.165) is 12.0 Å². The fraction of sp³-hybridized carbons (Fsp3) is 0.600. The van der Waals surface area contributed by atoms with Gasteiger partial charge in [-0.05, 0) is 51.9 Å². The van der Waals surface area contributed by atoms with Crippen LogP contribution in [-0.4, -0.2) is 66.6 Å². The first-order valence-corrected chi connectivity index (χ1v) is 9.69. The maximum absolute atomic E-state index is 12.0. The zero-order valence-electron chi connectivity index (χ0n) is 18.0. The average molecular weight is 429 g/mol. The van der Waals surface area contributed by atoms with E-state index in [-0.39, 0.29) is 18.8 Å². The number of likely N-dealkylation sites (tertiary alicyclic amines) is 1. The smallest absolute Gasteiger partial charge is 0.328 e. The topological polar surface area (TPSA) is 79.6 Å². The maximum Gasteiger partial charge on any atom is 0.391 e. The molecule has 1 fully saturated rings. The van der Waals surface area contributed by atoms with Gasteiger partial charge in [-0.25, -0.2) is 4.68 Å². The molecule has 0 bridgehead atoms. The number of nitrogens with one attached hydrogen (secondary N) is 1. The van der Waals surface area contributed by atoms with E-state index in [1.807, 2.05) is 25.8 Å². The first-order chi connectivity index (χ1) is 14.0. The molecule has 0 unspecified atom stereocenters. The lowest BCUT2D eigenvalue weighted by atomic mass is 9.97. The van der Waals surface area contributed by atoms with Gasteiger partial charge in [-0.15, -0.1) is 0 Å². The van der Waals surface area contributed by atoms with Crippen LogP contribution >= 0.6 is 0 Å². The van der Waals surface area contributed by atoms with Gasteiger partial charge < -0.3 is 10.2 Å². The largest absolute Gasteiger partial charge is 0.391 e. The van der Waals surface area contributed by atoms with Crippen molar-refractivity contribution < 1.29 is 22.8 Å². The van der Waals surface area contributed by atoms with Crippen LogP contribution in [-0.2, 0) is 4.79 Å². The first kappa shape index (κ1) is 25.5. The number of hydrogen-bond acceptors (Lipinski definition) is 5. The number of halogens is 3. The summed E-state index contributed by atoms with van der Waals surface area (Å²) in [4.78, 5) is 27.5. The molecule has 1 aliphatic heterocycles. The lowest BCUT2D eigenvalue weighted by molar-refractivity contribution is -0.184. The molecule has 1 N–H and O–H groups in total. The van der Waals surface area contributed by atoms with Crippen LogP contribution in [0.1, 0.15) is 55.6 Å². The van der Waals surface area contributed by atoms with Gasteiger partial charge in [0.2, 0.25) is 5.96 Å². The van der Waals surface area contributed by atoms with Crippen molar-refractivity contribution >= 4 is 18.5 Å². The Morgan fingerprint density at radius 1 is 1.30 bits per heavy atom. The molecule has 2 heterocycles. The van der Waals surface area contributed by atoms with Crippen molar-refractivity contribution in [2.45, 2.75) is 45.7 Å². The Hall–Kier alpha value is -2.49. The lowest BCUT2D eigenvalue weighted by Crippen LogP contribution is -2.36. The second-order valence-electron chi connectivity index (χ2n) is 7.45. The van der Waals surface area contributed by atoms with Gasteiger partial charge in [0.05, 0.1) is 23.4 Å². The third-order valence-electron chi connectivity index (χ3n) is 4.73. The van der Waals surface area contributed by atoms with E-state index in [1.54, 1.807) is 18.7 Å². The van der Waals surface area contributed by atoms with Crippen molar-refractivity contribution in [1.29, 1.82) is 0 Å². The Bertz CT molecular complexity index is 761. The van der Waals surface area contributed by atoms with Gasteiger partial charge in [0.1, 0.15) is 6.29 Å². The molecule has 0 saturated carbocycles. The third-order valence-corrected chi connectivity index (χ3v) is 4.73. The standard InChI is InChI=1S/C13H18N4O2.C7H12F3N/c1-9(2)12-11(8-19)7-15-17(12)13(14-4)16-10(3)5-6-18;1-11-4-2-6(3-5-11)7(8,9)10/h5-9H,1-4H3,(H,14,16);6H,2-5H2,1H3/b10-5-;. The summed E-state index contributed by atoms with van der Waals surface area (Å²) in [5.41, 5.74) is 1.96. The summed E-state index contributed by atoms with van der Waals surface area (Å²) in [7, 11) is 3.47. The van der Waals surface area contributed by atoms with Crippen molar-refractivity contribution in [3.8, 4) is 0 Å². The predicted molar refractivity (Wildman–Crippen MR) is 110 cm³/mol. The van der Waals surface area contributed by atoms with Gasteiger partial charge in [0.15, 0.2) is 6.29 Å². The third kappa shape index (κ3) is 7.40. The van der Waals surface area contributed by atoms with E-state index >= 15 is 0 Å². The average Bonchev–Trinajstić information content (AvgIpc) is 3.10. The molecular formula is C20H30F3N5O2. The van der Waals surface area contributed by atoms with Crippen LogP contribution in [0.4, 0.5) is 13.2 Å². The lowest BCUT2D eigenvalue weighted by Gasteiger charge is -2.30. The van der Waals surface area contributed by atoms with E-state index in [9.17, 15) is 22.8 Å². The Morgan fingerprint density at radius 2 is 1.90 bits per heavy atom. The zero-order chi connectivity index (χ0) is 22.9. The quantitative estimate of drug-likeness (QED) is 0.344. The van der Waals surface area contributed by atoms with Crippen LogP contribution in [0.5, 0.6) is 0 Å². The zero-order valence-corrected chi connectivity index (χ0v) is 18.0. The van der Waals surface area contributed by atoms with Crippen molar-refractivity contribution in [2.24, 2.45) is 10.9 Å². The molecule has 0 aromatic carbocycles. The highest BCUT2D eigenvalue weighted by molar-refractivity contribution is 5.87. The number of carbonyl (C=O) groups is 2.